The molecule has 0 aliphatic heterocycles. The largest absolute Gasteiger partial charge is 0.234 e. The highest BCUT2D eigenvalue weighted by Gasteiger charge is 2.15. The lowest BCUT2D eigenvalue weighted by Crippen LogP contribution is -2.10. The van der Waals surface area contributed by atoms with E-state index in [1.165, 1.54) is 5.56 Å². The van der Waals surface area contributed by atoms with Gasteiger partial charge >= 0.3 is 0 Å². The van der Waals surface area contributed by atoms with Crippen molar-refractivity contribution in [3.05, 3.63) is 76.9 Å². The molecule has 0 unspecified atom stereocenters. The molecular weight excluding hydrogens is 354 g/mol. The summed E-state index contributed by atoms with van der Waals surface area (Å²) < 4.78 is 1.91. The Balaban J connectivity index is 1.83. The van der Waals surface area contributed by atoms with Crippen LogP contribution < -0.4 is 0 Å². The second kappa shape index (κ2) is 6.50. The van der Waals surface area contributed by atoms with Crippen molar-refractivity contribution in [1.82, 2.24) is 14.6 Å². The number of halogens is 1. The zero-order chi connectivity index (χ0) is 19.2. The van der Waals surface area contributed by atoms with Crippen molar-refractivity contribution in [2.45, 2.75) is 33.1 Å². The Morgan fingerprint density at radius 1 is 0.852 bits per heavy atom. The maximum absolute atomic E-state index is 6.04. The van der Waals surface area contributed by atoms with Crippen molar-refractivity contribution >= 4 is 17.2 Å². The van der Waals surface area contributed by atoms with Gasteiger partial charge in [-0.3, -0.25) is 0 Å². The van der Waals surface area contributed by atoms with E-state index in [2.05, 4.69) is 56.1 Å². The molecule has 0 N–H and O–H groups in total. The minimum Gasteiger partial charge on any atom is -0.234 e. The summed E-state index contributed by atoms with van der Waals surface area (Å²) in [5, 5.41) is 5.56. The molecule has 4 aromatic rings. The first-order chi connectivity index (χ1) is 12.8. The number of nitrogens with zero attached hydrogens (tertiary/aromatic N) is 3. The number of fused-ring (bicyclic) bond motifs is 1. The van der Waals surface area contributed by atoms with E-state index in [4.69, 9.17) is 16.7 Å². The molecule has 0 saturated carbocycles. The lowest BCUT2D eigenvalue weighted by molar-refractivity contribution is 0.590. The molecule has 0 spiro atoms. The molecule has 4 rings (SSSR count). The van der Waals surface area contributed by atoms with Crippen LogP contribution in [0.15, 0.2) is 60.7 Å². The highest BCUT2D eigenvalue weighted by atomic mass is 35.5. The topological polar surface area (TPSA) is 30.2 Å². The van der Waals surface area contributed by atoms with Crippen LogP contribution in [0.1, 0.15) is 32.0 Å². The van der Waals surface area contributed by atoms with Crippen LogP contribution in [0.2, 0.25) is 5.02 Å². The van der Waals surface area contributed by atoms with E-state index >= 15 is 0 Å². The van der Waals surface area contributed by atoms with Crippen LogP contribution in [0.25, 0.3) is 28.2 Å². The van der Waals surface area contributed by atoms with E-state index in [0.717, 1.165) is 38.9 Å². The minimum atomic E-state index is 0.137. The van der Waals surface area contributed by atoms with Crippen LogP contribution in [0.3, 0.4) is 0 Å². The Morgan fingerprint density at radius 2 is 1.48 bits per heavy atom. The van der Waals surface area contributed by atoms with Gasteiger partial charge in [-0.1, -0.05) is 68.8 Å². The third kappa shape index (κ3) is 3.47. The van der Waals surface area contributed by atoms with Crippen molar-refractivity contribution in [2.24, 2.45) is 0 Å². The molecule has 0 atom stereocenters. The Bertz CT molecular complexity index is 1100. The Hall–Kier alpha value is -2.65. The highest BCUT2D eigenvalue weighted by Crippen LogP contribution is 2.28. The number of hydrogen-bond acceptors (Lipinski definition) is 2. The molecule has 2 aromatic heterocycles. The van der Waals surface area contributed by atoms with E-state index < -0.39 is 0 Å². The average molecular weight is 376 g/mol. The summed E-state index contributed by atoms with van der Waals surface area (Å²) in [6.45, 7) is 8.66. The van der Waals surface area contributed by atoms with Gasteiger partial charge in [0.2, 0.25) is 0 Å². The van der Waals surface area contributed by atoms with Crippen LogP contribution in [-0.4, -0.2) is 14.6 Å². The van der Waals surface area contributed by atoms with Crippen molar-refractivity contribution in [1.29, 1.82) is 0 Å². The molecule has 0 radical (unpaired) electrons. The number of aryl methyl sites for hydroxylation is 1. The Labute approximate surface area is 164 Å². The summed E-state index contributed by atoms with van der Waals surface area (Å²) in [5.41, 5.74) is 7.33. The molecule has 0 aliphatic carbocycles. The molecule has 27 heavy (non-hydrogen) atoms. The highest BCUT2D eigenvalue weighted by molar-refractivity contribution is 6.30. The SMILES string of the molecule is Cc1cc(-c2ccc(Cl)cc2)n2nc(-c3ccc(C(C)(C)C)cc3)cc2n1. The van der Waals surface area contributed by atoms with Crippen LogP contribution in [0, 0.1) is 6.92 Å². The van der Waals surface area contributed by atoms with Crippen molar-refractivity contribution in [3.63, 3.8) is 0 Å². The van der Waals surface area contributed by atoms with Gasteiger partial charge in [0.05, 0.1) is 11.4 Å². The van der Waals surface area contributed by atoms with Gasteiger partial charge in [0.25, 0.3) is 0 Å². The molecule has 3 nitrogen and oxygen atoms in total. The fraction of sp³-hybridized carbons (Fsp3) is 0.217. The third-order valence-corrected chi connectivity index (χ3v) is 4.99. The standard InChI is InChI=1S/C23H22ClN3/c1-15-13-21(17-7-11-19(24)12-8-17)27-22(25-15)14-20(26-27)16-5-9-18(10-6-16)23(2,3)4/h5-14H,1-4H3. The lowest BCUT2D eigenvalue weighted by atomic mass is 9.86. The number of rotatable bonds is 2. The molecule has 0 aliphatic rings. The number of benzene rings is 2. The Kier molecular flexibility index (Phi) is 4.27. The first-order valence-corrected chi connectivity index (χ1v) is 9.43. The van der Waals surface area contributed by atoms with Gasteiger partial charge in [-0.15, -0.1) is 0 Å². The molecule has 2 aromatic carbocycles. The zero-order valence-corrected chi connectivity index (χ0v) is 16.7. The lowest BCUT2D eigenvalue weighted by Gasteiger charge is -2.18. The summed E-state index contributed by atoms with van der Waals surface area (Å²) in [5.74, 6) is 0. The first-order valence-electron chi connectivity index (χ1n) is 9.05. The Morgan fingerprint density at radius 3 is 2.11 bits per heavy atom. The molecule has 2 heterocycles. The second-order valence-electron chi connectivity index (χ2n) is 7.92. The quantitative estimate of drug-likeness (QED) is 0.410. The molecule has 0 saturated heterocycles. The zero-order valence-electron chi connectivity index (χ0n) is 16.0. The van der Waals surface area contributed by atoms with Crippen LogP contribution in [0.4, 0.5) is 0 Å². The second-order valence-corrected chi connectivity index (χ2v) is 8.35. The summed E-state index contributed by atoms with van der Waals surface area (Å²) in [4.78, 5) is 4.66. The third-order valence-electron chi connectivity index (χ3n) is 4.74. The number of aromatic nitrogens is 3. The van der Waals surface area contributed by atoms with E-state index in [-0.39, 0.29) is 5.41 Å². The van der Waals surface area contributed by atoms with Crippen LogP contribution >= 0.6 is 11.6 Å². The average Bonchev–Trinajstić information content (AvgIpc) is 3.05. The fourth-order valence-electron chi connectivity index (χ4n) is 3.21. The molecule has 0 fully saturated rings. The van der Waals surface area contributed by atoms with Crippen molar-refractivity contribution < 1.29 is 0 Å². The van der Waals surface area contributed by atoms with Crippen LogP contribution in [0.5, 0.6) is 0 Å². The van der Waals surface area contributed by atoms with Gasteiger partial charge in [0.15, 0.2) is 5.65 Å². The summed E-state index contributed by atoms with van der Waals surface area (Å²) >= 11 is 6.04. The van der Waals surface area contributed by atoms with E-state index in [1.807, 2.05) is 41.8 Å². The maximum atomic E-state index is 6.04. The molecule has 0 amide bonds. The van der Waals surface area contributed by atoms with Gasteiger partial charge in [0.1, 0.15) is 0 Å². The van der Waals surface area contributed by atoms with Crippen molar-refractivity contribution in [2.75, 3.05) is 0 Å². The van der Waals surface area contributed by atoms with E-state index in [0.29, 0.717) is 0 Å². The summed E-state index contributed by atoms with van der Waals surface area (Å²) in [6.07, 6.45) is 0. The maximum Gasteiger partial charge on any atom is 0.156 e. The van der Waals surface area contributed by atoms with Gasteiger partial charge in [-0.25, -0.2) is 9.50 Å². The fourth-order valence-corrected chi connectivity index (χ4v) is 3.33. The normalized spacial score (nSPS) is 11.9. The van der Waals surface area contributed by atoms with Gasteiger partial charge < -0.3 is 0 Å². The molecule has 136 valence electrons. The van der Waals surface area contributed by atoms with E-state index in [1.54, 1.807) is 0 Å². The summed E-state index contributed by atoms with van der Waals surface area (Å²) in [6, 6.07) is 20.5. The van der Waals surface area contributed by atoms with Crippen LogP contribution in [-0.2, 0) is 5.41 Å². The number of hydrogen-bond donors (Lipinski definition) is 0. The summed E-state index contributed by atoms with van der Waals surface area (Å²) in [7, 11) is 0. The monoisotopic (exact) mass is 375 g/mol. The first kappa shape index (κ1) is 17.7. The predicted octanol–water partition coefficient (Wildman–Crippen LogP) is 6.32. The smallest absolute Gasteiger partial charge is 0.156 e. The van der Waals surface area contributed by atoms with Gasteiger partial charge in [-0.05, 0) is 36.1 Å². The predicted molar refractivity (Wildman–Crippen MR) is 112 cm³/mol. The molecule has 0 bridgehead atoms. The van der Waals surface area contributed by atoms with Crippen molar-refractivity contribution in [3.8, 4) is 22.5 Å². The minimum absolute atomic E-state index is 0.137. The van der Waals surface area contributed by atoms with Gasteiger partial charge in [-0.2, -0.15) is 5.10 Å². The van der Waals surface area contributed by atoms with E-state index in [9.17, 15) is 0 Å². The molecular formula is C23H22ClN3. The molecule has 4 heteroatoms. The van der Waals surface area contributed by atoms with Gasteiger partial charge in [0, 0.05) is 27.9 Å².